The molecule has 0 fully saturated rings. The quantitative estimate of drug-likeness (QED) is 0.813. The highest BCUT2D eigenvalue weighted by Crippen LogP contribution is 2.18. The van der Waals surface area contributed by atoms with Gasteiger partial charge in [0.05, 0.1) is 5.39 Å². The lowest BCUT2D eigenvalue weighted by Gasteiger charge is -2.04. The molecule has 86 valence electrons. The Labute approximate surface area is 97.4 Å². The number of benzene rings is 1. The van der Waals surface area contributed by atoms with Crippen molar-refractivity contribution in [1.29, 1.82) is 0 Å². The number of primary amides is 1. The number of para-hydroxylation sites is 1. The number of allylic oxidation sites excluding steroid dienone is 1. The molecule has 0 bridgehead atoms. The Balaban J connectivity index is 2.82. The van der Waals surface area contributed by atoms with Crippen molar-refractivity contribution in [2.75, 3.05) is 0 Å². The van der Waals surface area contributed by atoms with Crippen LogP contribution in [0.4, 0.5) is 0 Å². The summed E-state index contributed by atoms with van der Waals surface area (Å²) < 4.78 is 5.37. The second kappa shape index (κ2) is 4.25. The third-order valence-electron chi connectivity index (χ3n) is 2.44. The summed E-state index contributed by atoms with van der Waals surface area (Å²) in [6.45, 7) is 3.63. The van der Waals surface area contributed by atoms with Crippen LogP contribution in [0.5, 0.6) is 0 Å². The van der Waals surface area contributed by atoms with Gasteiger partial charge in [0.25, 0.3) is 5.91 Å². The van der Waals surface area contributed by atoms with Gasteiger partial charge in [0.1, 0.15) is 5.58 Å². The van der Waals surface area contributed by atoms with Crippen LogP contribution in [-0.2, 0) is 6.42 Å². The Morgan fingerprint density at radius 3 is 2.88 bits per heavy atom. The van der Waals surface area contributed by atoms with Gasteiger partial charge in [-0.25, -0.2) is 0 Å². The molecule has 2 aromatic rings. The van der Waals surface area contributed by atoms with Crippen molar-refractivity contribution < 1.29 is 9.21 Å². The third kappa shape index (κ3) is 1.97. The van der Waals surface area contributed by atoms with E-state index in [1.165, 1.54) is 0 Å². The highest BCUT2D eigenvalue weighted by Gasteiger charge is 2.11. The monoisotopic (exact) mass is 229 g/mol. The van der Waals surface area contributed by atoms with E-state index in [0.29, 0.717) is 17.4 Å². The van der Waals surface area contributed by atoms with Crippen LogP contribution in [0.3, 0.4) is 0 Å². The molecule has 0 unspecified atom stereocenters. The summed E-state index contributed by atoms with van der Waals surface area (Å²) >= 11 is 0. The van der Waals surface area contributed by atoms with Crippen LogP contribution < -0.4 is 11.2 Å². The maximum atomic E-state index is 11.8. The lowest BCUT2D eigenvalue weighted by molar-refractivity contribution is 0.0974. The summed E-state index contributed by atoms with van der Waals surface area (Å²) in [5.41, 5.74) is 6.03. The van der Waals surface area contributed by atoms with Crippen molar-refractivity contribution in [3.05, 3.63) is 58.5 Å². The van der Waals surface area contributed by atoms with E-state index in [-0.39, 0.29) is 11.2 Å². The van der Waals surface area contributed by atoms with Crippen LogP contribution in [-0.4, -0.2) is 5.91 Å². The molecule has 2 rings (SSSR count). The average Bonchev–Trinajstić information content (AvgIpc) is 2.30. The zero-order valence-corrected chi connectivity index (χ0v) is 9.10. The van der Waals surface area contributed by atoms with Crippen molar-refractivity contribution >= 4 is 16.9 Å². The Hall–Kier alpha value is -2.36. The SMILES string of the molecule is C=CCc1cccc2c(=O)cc(C(N)=O)oc12. The van der Waals surface area contributed by atoms with E-state index in [1.807, 2.05) is 6.07 Å². The lowest BCUT2D eigenvalue weighted by atomic mass is 10.1. The molecule has 1 aromatic carbocycles. The van der Waals surface area contributed by atoms with Crippen molar-refractivity contribution in [3.63, 3.8) is 0 Å². The molecular weight excluding hydrogens is 218 g/mol. The smallest absolute Gasteiger partial charge is 0.284 e. The van der Waals surface area contributed by atoms with Gasteiger partial charge >= 0.3 is 0 Å². The van der Waals surface area contributed by atoms with E-state index in [9.17, 15) is 9.59 Å². The summed E-state index contributed by atoms with van der Waals surface area (Å²) in [4.78, 5) is 22.8. The van der Waals surface area contributed by atoms with E-state index < -0.39 is 5.91 Å². The first kappa shape index (κ1) is 11.1. The van der Waals surface area contributed by atoms with Gasteiger partial charge < -0.3 is 10.2 Å². The fraction of sp³-hybridized carbons (Fsp3) is 0.0769. The molecule has 0 saturated carbocycles. The normalized spacial score (nSPS) is 10.4. The Morgan fingerprint density at radius 2 is 2.24 bits per heavy atom. The molecule has 0 spiro atoms. The largest absolute Gasteiger partial charge is 0.450 e. The van der Waals surface area contributed by atoms with Crippen molar-refractivity contribution in [3.8, 4) is 0 Å². The molecule has 1 amide bonds. The topological polar surface area (TPSA) is 73.3 Å². The number of carbonyl (C=O) groups excluding carboxylic acids is 1. The molecule has 0 aliphatic heterocycles. The molecule has 0 atom stereocenters. The average molecular weight is 229 g/mol. The minimum absolute atomic E-state index is 0.126. The number of amides is 1. The molecule has 2 N–H and O–H groups in total. The predicted molar refractivity (Wildman–Crippen MR) is 64.9 cm³/mol. The van der Waals surface area contributed by atoms with Gasteiger partial charge in [0.2, 0.25) is 0 Å². The van der Waals surface area contributed by atoms with Crippen LogP contribution in [0.2, 0.25) is 0 Å². The molecular formula is C13H11NO3. The first-order valence-corrected chi connectivity index (χ1v) is 5.10. The first-order valence-electron chi connectivity index (χ1n) is 5.10. The molecule has 4 nitrogen and oxygen atoms in total. The van der Waals surface area contributed by atoms with E-state index in [4.69, 9.17) is 10.2 Å². The van der Waals surface area contributed by atoms with E-state index in [1.54, 1.807) is 18.2 Å². The maximum Gasteiger partial charge on any atom is 0.284 e. The van der Waals surface area contributed by atoms with Crippen LogP contribution >= 0.6 is 0 Å². The minimum Gasteiger partial charge on any atom is -0.450 e. The Bertz CT molecular complexity index is 655. The molecule has 1 heterocycles. The van der Waals surface area contributed by atoms with Gasteiger partial charge in [-0.3, -0.25) is 9.59 Å². The van der Waals surface area contributed by atoms with Gasteiger partial charge in [-0.1, -0.05) is 18.2 Å². The highest BCUT2D eigenvalue weighted by atomic mass is 16.3. The lowest BCUT2D eigenvalue weighted by Crippen LogP contribution is -2.14. The zero-order valence-electron chi connectivity index (χ0n) is 9.10. The van der Waals surface area contributed by atoms with Crippen molar-refractivity contribution in [2.45, 2.75) is 6.42 Å². The maximum absolute atomic E-state index is 11.8. The molecule has 0 radical (unpaired) electrons. The Morgan fingerprint density at radius 1 is 1.47 bits per heavy atom. The standard InChI is InChI=1S/C13H11NO3/c1-2-4-8-5-3-6-9-10(15)7-11(13(14)16)17-12(8)9/h2-3,5-7H,1,4H2,(H2,14,16). The molecule has 0 aliphatic rings. The van der Waals surface area contributed by atoms with E-state index in [2.05, 4.69) is 6.58 Å². The summed E-state index contributed by atoms with van der Waals surface area (Å²) in [6, 6.07) is 6.35. The van der Waals surface area contributed by atoms with Crippen molar-refractivity contribution in [2.24, 2.45) is 5.73 Å². The van der Waals surface area contributed by atoms with Gasteiger partial charge in [-0.15, -0.1) is 6.58 Å². The second-order valence-electron chi connectivity index (χ2n) is 3.63. The number of fused-ring (bicyclic) bond motifs is 1. The van der Waals surface area contributed by atoms with E-state index >= 15 is 0 Å². The predicted octanol–water partition coefficient (Wildman–Crippen LogP) is 1.62. The number of hydrogen-bond donors (Lipinski definition) is 1. The van der Waals surface area contributed by atoms with Gasteiger partial charge in [-0.2, -0.15) is 0 Å². The fourth-order valence-corrected chi connectivity index (χ4v) is 1.67. The summed E-state index contributed by atoms with van der Waals surface area (Å²) in [7, 11) is 0. The summed E-state index contributed by atoms with van der Waals surface area (Å²) in [6.07, 6.45) is 2.26. The van der Waals surface area contributed by atoms with Gasteiger partial charge in [-0.05, 0) is 18.1 Å². The molecule has 4 heteroatoms. The molecule has 17 heavy (non-hydrogen) atoms. The summed E-state index contributed by atoms with van der Waals surface area (Å²) in [5, 5.41) is 0.439. The van der Waals surface area contributed by atoms with Crippen LogP contribution in [0.1, 0.15) is 16.1 Å². The van der Waals surface area contributed by atoms with Crippen LogP contribution in [0.25, 0.3) is 11.0 Å². The minimum atomic E-state index is -0.752. The zero-order chi connectivity index (χ0) is 12.4. The second-order valence-corrected chi connectivity index (χ2v) is 3.63. The Kier molecular flexibility index (Phi) is 2.78. The van der Waals surface area contributed by atoms with Crippen LogP contribution in [0, 0.1) is 0 Å². The fourth-order valence-electron chi connectivity index (χ4n) is 1.67. The highest BCUT2D eigenvalue weighted by molar-refractivity contribution is 5.92. The number of nitrogens with two attached hydrogens (primary N) is 1. The van der Waals surface area contributed by atoms with E-state index in [0.717, 1.165) is 11.6 Å². The molecule has 0 aliphatic carbocycles. The number of carbonyl (C=O) groups is 1. The van der Waals surface area contributed by atoms with Crippen LogP contribution in [0.15, 0.2) is 46.1 Å². The molecule has 1 aromatic heterocycles. The number of rotatable bonds is 3. The van der Waals surface area contributed by atoms with Gasteiger partial charge in [0, 0.05) is 6.07 Å². The van der Waals surface area contributed by atoms with Crippen molar-refractivity contribution in [1.82, 2.24) is 0 Å². The summed E-state index contributed by atoms with van der Waals surface area (Å²) in [5.74, 6) is -0.878. The molecule has 0 saturated heterocycles. The first-order chi connectivity index (χ1) is 8.13. The number of hydrogen-bond acceptors (Lipinski definition) is 3. The third-order valence-corrected chi connectivity index (χ3v) is 2.44. The van der Waals surface area contributed by atoms with Gasteiger partial charge in [0.15, 0.2) is 11.2 Å².